The van der Waals surface area contributed by atoms with Crippen LogP contribution in [0.4, 0.5) is 8.78 Å². The summed E-state index contributed by atoms with van der Waals surface area (Å²) in [7, 11) is 0. The summed E-state index contributed by atoms with van der Waals surface area (Å²) >= 11 is 0. The van der Waals surface area contributed by atoms with E-state index in [1.54, 1.807) is 0 Å². The highest BCUT2D eigenvalue weighted by Gasteiger charge is 2.75. The second kappa shape index (κ2) is 2.63. The Morgan fingerprint density at radius 1 is 1.38 bits per heavy atom. The van der Waals surface area contributed by atoms with E-state index >= 15 is 0 Å². The minimum Gasteiger partial charge on any atom is -0.481 e. The Hall–Kier alpha value is -1.24. The third-order valence-electron chi connectivity index (χ3n) is 2.05. The fraction of sp³-hybridized carbons (Fsp3) is 0.667. The lowest BCUT2D eigenvalue weighted by molar-refractivity contribution is -0.141. The first-order valence-electron chi connectivity index (χ1n) is 3.39. The molecule has 0 amide bonds. The molecule has 1 fully saturated rings. The SMILES string of the molecule is N[C@@H](C(=O)O)[C@H]1[C@H](C(=O)O)C1(F)F. The van der Waals surface area contributed by atoms with Crippen LogP contribution < -0.4 is 5.73 Å². The number of carboxylic acid groups (broad SMARTS) is 2. The van der Waals surface area contributed by atoms with Gasteiger partial charge in [-0.2, -0.15) is 0 Å². The van der Waals surface area contributed by atoms with Gasteiger partial charge in [0.25, 0.3) is 5.92 Å². The number of hydrogen-bond donors (Lipinski definition) is 3. The molecule has 1 aliphatic carbocycles. The van der Waals surface area contributed by atoms with E-state index in [0.717, 1.165) is 0 Å². The van der Waals surface area contributed by atoms with E-state index in [-0.39, 0.29) is 0 Å². The molecule has 0 aliphatic heterocycles. The van der Waals surface area contributed by atoms with Crippen molar-refractivity contribution in [3.8, 4) is 0 Å². The standard InChI is InChI=1S/C6H7F2NO4/c7-6(8)1(2(6)4(10)11)3(9)5(12)13/h1-3H,9H2,(H,10,11)(H,12,13)/t1-,2-,3-/m1/s1. The molecule has 1 aliphatic rings. The molecule has 1 saturated carbocycles. The molecule has 0 aromatic rings. The fourth-order valence-corrected chi connectivity index (χ4v) is 1.27. The van der Waals surface area contributed by atoms with Crippen LogP contribution in [0.3, 0.4) is 0 Å². The van der Waals surface area contributed by atoms with E-state index in [1.807, 2.05) is 0 Å². The highest BCUT2D eigenvalue weighted by molar-refractivity contribution is 5.81. The van der Waals surface area contributed by atoms with E-state index in [1.165, 1.54) is 0 Å². The van der Waals surface area contributed by atoms with Crippen molar-refractivity contribution in [1.29, 1.82) is 0 Å². The molecule has 0 spiro atoms. The number of carbonyl (C=O) groups is 2. The van der Waals surface area contributed by atoms with Gasteiger partial charge < -0.3 is 15.9 Å². The summed E-state index contributed by atoms with van der Waals surface area (Å²) in [5.74, 6) is -10.6. The van der Waals surface area contributed by atoms with Gasteiger partial charge in [-0.15, -0.1) is 0 Å². The van der Waals surface area contributed by atoms with Gasteiger partial charge in [0.15, 0.2) is 0 Å². The van der Waals surface area contributed by atoms with Crippen LogP contribution in [0.5, 0.6) is 0 Å². The van der Waals surface area contributed by atoms with Gasteiger partial charge in [-0.25, -0.2) is 8.78 Å². The van der Waals surface area contributed by atoms with Crippen molar-refractivity contribution in [2.24, 2.45) is 17.6 Å². The molecule has 0 saturated heterocycles. The van der Waals surface area contributed by atoms with Gasteiger partial charge in [0, 0.05) is 0 Å². The molecule has 74 valence electrons. The van der Waals surface area contributed by atoms with Gasteiger partial charge in [0.1, 0.15) is 12.0 Å². The number of aliphatic carboxylic acids is 2. The molecular weight excluding hydrogens is 188 g/mol. The molecule has 0 radical (unpaired) electrons. The molecule has 0 bridgehead atoms. The predicted octanol–water partition coefficient (Wildman–Crippen LogP) is -0.636. The largest absolute Gasteiger partial charge is 0.481 e. The lowest BCUT2D eigenvalue weighted by Crippen LogP contribution is -2.34. The minimum atomic E-state index is -3.50. The van der Waals surface area contributed by atoms with E-state index in [4.69, 9.17) is 15.9 Å². The summed E-state index contributed by atoms with van der Waals surface area (Å²) in [5, 5.41) is 16.5. The van der Waals surface area contributed by atoms with Crippen LogP contribution in [0.1, 0.15) is 0 Å². The van der Waals surface area contributed by atoms with Crippen molar-refractivity contribution in [2.45, 2.75) is 12.0 Å². The van der Waals surface area contributed by atoms with Crippen molar-refractivity contribution in [3.63, 3.8) is 0 Å². The zero-order valence-corrected chi connectivity index (χ0v) is 6.28. The van der Waals surface area contributed by atoms with E-state index < -0.39 is 35.7 Å². The smallest absolute Gasteiger partial charge is 0.321 e. The number of carboxylic acids is 2. The van der Waals surface area contributed by atoms with Gasteiger partial charge in [0.2, 0.25) is 0 Å². The molecule has 13 heavy (non-hydrogen) atoms. The van der Waals surface area contributed by atoms with Crippen LogP contribution in [0.2, 0.25) is 0 Å². The summed E-state index contributed by atoms with van der Waals surface area (Å²) in [6.07, 6.45) is 0. The first kappa shape index (κ1) is 9.85. The summed E-state index contributed by atoms with van der Waals surface area (Å²) in [5.41, 5.74) is 4.88. The molecular formula is C6H7F2NO4. The molecule has 5 nitrogen and oxygen atoms in total. The Bertz CT molecular complexity index is 267. The number of alkyl halides is 2. The second-order valence-electron chi connectivity index (χ2n) is 2.88. The third kappa shape index (κ3) is 1.35. The third-order valence-corrected chi connectivity index (χ3v) is 2.05. The fourth-order valence-electron chi connectivity index (χ4n) is 1.27. The zero-order valence-electron chi connectivity index (χ0n) is 6.28. The Balaban J connectivity index is 2.76. The van der Waals surface area contributed by atoms with Crippen LogP contribution >= 0.6 is 0 Å². The number of rotatable bonds is 3. The normalized spacial score (nSPS) is 32.2. The Kier molecular flexibility index (Phi) is 1.99. The van der Waals surface area contributed by atoms with Crippen molar-refractivity contribution in [2.75, 3.05) is 0 Å². The average Bonchev–Trinajstić information content (AvgIpc) is 2.51. The van der Waals surface area contributed by atoms with E-state index in [0.29, 0.717) is 0 Å². The first-order chi connectivity index (χ1) is 5.80. The maximum Gasteiger partial charge on any atom is 0.321 e. The van der Waals surface area contributed by atoms with Gasteiger partial charge in [0.05, 0.1) is 5.92 Å². The van der Waals surface area contributed by atoms with Crippen molar-refractivity contribution >= 4 is 11.9 Å². The van der Waals surface area contributed by atoms with E-state index in [2.05, 4.69) is 0 Å². The number of nitrogens with two attached hydrogens (primary N) is 1. The van der Waals surface area contributed by atoms with Crippen LogP contribution in [0, 0.1) is 11.8 Å². The van der Waals surface area contributed by atoms with Crippen molar-refractivity contribution in [1.82, 2.24) is 0 Å². The molecule has 1 rings (SSSR count). The zero-order chi connectivity index (χ0) is 10.4. The van der Waals surface area contributed by atoms with E-state index in [9.17, 15) is 18.4 Å². The topological polar surface area (TPSA) is 101 Å². The first-order valence-corrected chi connectivity index (χ1v) is 3.39. The summed E-state index contributed by atoms with van der Waals surface area (Å²) < 4.78 is 25.2. The van der Waals surface area contributed by atoms with Gasteiger partial charge in [-0.05, 0) is 0 Å². The average molecular weight is 195 g/mol. The Morgan fingerprint density at radius 3 is 2.08 bits per heavy atom. The molecule has 0 heterocycles. The highest BCUT2D eigenvalue weighted by Crippen LogP contribution is 2.56. The maximum absolute atomic E-state index is 12.6. The van der Waals surface area contributed by atoms with Gasteiger partial charge in [-0.3, -0.25) is 9.59 Å². The van der Waals surface area contributed by atoms with Crippen LogP contribution in [0.15, 0.2) is 0 Å². The molecule has 3 atom stereocenters. The summed E-state index contributed by atoms with van der Waals surface area (Å²) in [4.78, 5) is 20.4. The Morgan fingerprint density at radius 2 is 1.85 bits per heavy atom. The quantitative estimate of drug-likeness (QED) is 0.556. The lowest BCUT2D eigenvalue weighted by atomic mass is 10.1. The number of halogens is 2. The maximum atomic E-state index is 12.6. The van der Waals surface area contributed by atoms with Crippen LogP contribution in [-0.2, 0) is 9.59 Å². The molecule has 0 aromatic carbocycles. The predicted molar refractivity (Wildman–Crippen MR) is 35.2 cm³/mol. The lowest BCUT2D eigenvalue weighted by Gasteiger charge is -2.02. The van der Waals surface area contributed by atoms with Gasteiger partial charge in [-0.1, -0.05) is 0 Å². The van der Waals surface area contributed by atoms with Crippen LogP contribution in [0.25, 0.3) is 0 Å². The van der Waals surface area contributed by atoms with Crippen molar-refractivity contribution in [3.05, 3.63) is 0 Å². The molecule has 4 N–H and O–H groups in total. The Labute approximate surface area is 71.1 Å². The minimum absolute atomic E-state index is 1.62. The number of hydrogen-bond acceptors (Lipinski definition) is 3. The monoisotopic (exact) mass is 195 g/mol. The van der Waals surface area contributed by atoms with Gasteiger partial charge >= 0.3 is 11.9 Å². The molecule has 0 unspecified atom stereocenters. The highest BCUT2D eigenvalue weighted by atomic mass is 19.3. The summed E-state index contributed by atoms with van der Waals surface area (Å²) in [6, 6.07) is -1.82. The second-order valence-corrected chi connectivity index (χ2v) is 2.88. The van der Waals surface area contributed by atoms with Crippen molar-refractivity contribution < 1.29 is 28.6 Å². The molecule has 7 heteroatoms. The van der Waals surface area contributed by atoms with Crippen LogP contribution in [-0.4, -0.2) is 34.1 Å². The summed E-state index contributed by atoms with van der Waals surface area (Å²) in [6.45, 7) is 0. The molecule has 0 aromatic heterocycles.